The molecule has 0 aromatic heterocycles. The molecular weight excluding hydrogens is 424 g/mol. The van der Waals surface area contributed by atoms with Gasteiger partial charge in [0.1, 0.15) is 0 Å². The lowest BCUT2D eigenvalue weighted by molar-refractivity contribution is -0.116. The number of ether oxygens (including phenoxy) is 1. The van der Waals surface area contributed by atoms with Crippen molar-refractivity contribution in [2.75, 3.05) is 0 Å². The average Bonchev–Trinajstić information content (AvgIpc) is 2.89. The van der Waals surface area contributed by atoms with Crippen LogP contribution in [0.3, 0.4) is 0 Å². The lowest BCUT2D eigenvalue weighted by Gasteiger charge is -2.42. The molecule has 0 aliphatic heterocycles. The molecule has 0 fully saturated rings. The zero-order valence-electron chi connectivity index (χ0n) is 22.7. The Hall–Kier alpha value is -2.12. The van der Waals surface area contributed by atoms with E-state index in [4.69, 9.17) is 4.74 Å². The van der Waals surface area contributed by atoms with Crippen LogP contribution < -0.4 is 0 Å². The Balaban J connectivity index is 2.30. The molecule has 0 aliphatic carbocycles. The Morgan fingerprint density at radius 1 is 0.571 bits per heavy atom. The summed E-state index contributed by atoms with van der Waals surface area (Å²) in [6.07, 6.45) is 20.4. The van der Waals surface area contributed by atoms with Gasteiger partial charge in [-0.05, 0) is 24.0 Å². The standard InChI is InChI=1S/C34H50O/c1-5-9-11-13-21-27-33(7-3,29-31-23-17-15-18-24-31)35-34(8-4,28-22-14-12-10-6-2)30-32-25-19-16-20-26-32/h7-8,15-20,23-26H,3-6,9-14,21-22,27-30H2,1-2H3. The molecule has 0 heterocycles. The maximum absolute atomic E-state index is 7.31. The van der Waals surface area contributed by atoms with Crippen LogP contribution in [0.4, 0.5) is 0 Å². The topological polar surface area (TPSA) is 9.23 Å². The Morgan fingerprint density at radius 3 is 1.29 bits per heavy atom. The van der Waals surface area contributed by atoms with Crippen LogP contribution in [0, 0.1) is 0 Å². The van der Waals surface area contributed by atoms with Crippen molar-refractivity contribution in [3.63, 3.8) is 0 Å². The first-order valence-corrected chi connectivity index (χ1v) is 14.2. The molecule has 0 saturated carbocycles. The first kappa shape index (κ1) is 29.1. The van der Waals surface area contributed by atoms with E-state index < -0.39 is 11.2 Å². The van der Waals surface area contributed by atoms with E-state index in [9.17, 15) is 0 Å². The average molecular weight is 475 g/mol. The van der Waals surface area contributed by atoms with Crippen molar-refractivity contribution in [1.29, 1.82) is 0 Å². The van der Waals surface area contributed by atoms with Gasteiger partial charge in [0, 0.05) is 12.8 Å². The molecule has 35 heavy (non-hydrogen) atoms. The Kier molecular flexibility index (Phi) is 13.8. The van der Waals surface area contributed by atoms with Gasteiger partial charge in [0.25, 0.3) is 0 Å². The van der Waals surface area contributed by atoms with Gasteiger partial charge in [0.2, 0.25) is 0 Å². The van der Waals surface area contributed by atoms with Gasteiger partial charge in [-0.3, -0.25) is 0 Å². The van der Waals surface area contributed by atoms with E-state index in [-0.39, 0.29) is 0 Å². The summed E-state index contributed by atoms with van der Waals surface area (Å²) in [6, 6.07) is 21.6. The van der Waals surface area contributed by atoms with Crippen LogP contribution in [0.5, 0.6) is 0 Å². The first-order chi connectivity index (χ1) is 17.1. The Bertz CT molecular complexity index is 741. The summed E-state index contributed by atoms with van der Waals surface area (Å²) in [5, 5.41) is 0. The van der Waals surface area contributed by atoms with Crippen molar-refractivity contribution in [1.82, 2.24) is 0 Å². The van der Waals surface area contributed by atoms with E-state index in [1.54, 1.807) is 0 Å². The van der Waals surface area contributed by atoms with E-state index in [0.29, 0.717) is 0 Å². The minimum atomic E-state index is -0.403. The molecule has 0 bridgehead atoms. The quantitative estimate of drug-likeness (QED) is 0.137. The molecule has 0 aliphatic rings. The molecule has 0 spiro atoms. The van der Waals surface area contributed by atoms with Crippen LogP contribution in [-0.4, -0.2) is 11.2 Å². The van der Waals surface area contributed by atoms with Crippen LogP contribution in [0.2, 0.25) is 0 Å². The van der Waals surface area contributed by atoms with Gasteiger partial charge < -0.3 is 4.74 Å². The second kappa shape index (κ2) is 16.5. The van der Waals surface area contributed by atoms with Crippen molar-refractivity contribution in [2.24, 2.45) is 0 Å². The third-order valence-corrected chi connectivity index (χ3v) is 7.25. The highest BCUT2D eigenvalue weighted by atomic mass is 16.5. The fraction of sp³-hybridized carbons (Fsp3) is 0.529. The fourth-order valence-electron chi connectivity index (χ4n) is 5.13. The molecule has 0 N–H and O–H groups in total. The van der Waals surface area contributed by atoms with Crippen molar-refractivity contribution >= 4 is 0 Å². The lowest BCUT2D eigenvalue weighted by Crippen LogP contribution is -2.45. The third kappa shape index (κ3) is 10.6. The number of hydrogen-bond acceptors (Lipinski definition) is 1. The summed E-state index contributed by atoms with van der Waals surface area (Å²) in [5.74, 6) is 0. The van der Waals surface area contributed by atoms with Gasteiger partial charge in [0.15, 0.2) is 0 Å². The van der Waals surface area contributed by atoms with Gasteiger partial charge in [-0.25, -0.2) is 0 Å². The maximum Gasteiger partial charge on any atom is 0.0912 e. The summed E-state index contributed by atoms with van der Waals surface area (Å²) in [6.45, 7) is 13.2. The number of unbranched alkanes of at least 4 members (excludes halogenated alkanes) is 8. The third-order valence-electron chi connectivity index (χ3n) is 7.25. The second-order valence-electron chi connectivity index (χ2n) is 10.3. The molecule has 2 unspecified atom stereocenters. The van der Waals surface area contributed by atoms with Crippen molar-refractivity contribution in [2.45, 2.75) is 115 Å². The predicted octanol–water partition coefficient (Wildman–Crippen LogP) is 10.1. The molecule has 0 radical (unpaired) electrons. The molecule has 192 valence electrons. The SMILES string of the molecule is C=CC(CCCCCCC)(Cc1ccccc1)OC(C=C)(CCCCCCC)Cc1ccccc1. The molecule has 2 atom stereocenters. The second-order valence-corrected chi connectivity index (χ2v) is 10.3. The highest BCUT2D eigenvalue weighted by Crippen LogP contribution is 2.37. The molecule has 2 aromatic rings. The first-order valence-electron chi connectivity index (χ1n) is 14.2. The van der Waals surface area contributed by atoms with E-state index in [2.05, 4.69) is 99.8 Å². The monoisotopic (exact) mass is 474 g/mol. The summed E-state index contributed by atoms with van der Waals surface area (Å²) >= 11 is 0. The van der Waals surface area contributed by atoms with Crippen molar-refractivity contribution in [3.05, 3.63) is 97.1 Å². The summed E-state index contributed by atoms with van der Waals surface area (Å²) in [7, 11) is 0. The number of hydrogen-bond donors (Lipinski definition) is 0. The van der Waals surface area contributed by atoms with Crippen molar-refractivity contribution < 1.29 is 4.74 Å². The van der Waals surface area contributed by atoms with Crippen molar-refractivity contribution in [3.8, 4) is 0 Å². The molecule has 1 nitrogen and oxygen atoms in total. The molecule has 2 aromatic carbocycles. The van der Waals surface area contributed by atoms with Gasteiger partial charge in [-0.1, -0.05) is 151 Å². The van der Waals surface area contributed by atoms with Crippen LogP contribution in [0.1, 0.15) is 102 Å². The summed E-state index contributed by atoms with van der Waals surface area (Å²) in [4.78, 5) is 0. The largest absolute Gasteiger partial charge is 0.360 e. The molecule has 0 amide bonds. The summed E-state index contributed by atoms with van der Waals surface area (Å²) in [5.41, 5.74) is 1.81. The molecular formula is C34H50O. The van der Waals surface area contributed by atoms with E-state index in [1.165, 1.54) is 62.5 Å². The highest BCUT2D eigenvalue weighted by Gasteiger charge is 2.38. The zero-order valence-corrected chi connectivity index (χ0v) is 22.7. The zero-order chi connectivity index (χ0) is 25.2. The Labute approximate surface area is 216 Å². The number of benzene rings is 2. The molecule has 0 saturated heterocycles. The highest BCUT2D eigenvalue weighted by molar-refractivity contribution is 5.23. The Morgan fingerprint density at radius 2 is 0.943 bits per heavy atom. The van der Waals surface area contributed by atoms with Crippen LogP contribution in [0.25, 0.3) is 0 Å². The van der Waals surface area contributed by atoms with Crippen LogP contribution >= 0.6 is 0 Å². The van der Waals surface area contributed by atoms with Gasteiger partial charge >= 0.3 is 0 Å². The maximum atomic E-state index is 7.31. The van der Waals surface area contributed by atoms with Gasteiger partial charge in [-0.15, -0.1) is 13.2 Å². The van der Waals surface area contributed by atoms with E-state index in [0.717, 1.165) is 38.5 Å². The predicted molar refractivity (Wildman–Crippen MR) is 154 cm³/mol. The molecule has 2 rings (SSSR count). The minimum Gasteiger partial charge on any atom is -0.360 e. The van der Waals surface area contributed by atoms with Gasteiger partial charge in [-0.2, -0.15) is 0 Å². The van der Waals surface area contributed by atoms with E-state index in [1.807, 2.05) is 0 Å². The normalized spacial score (nSPS) is 14.7. The summed E-state index contributed by atoms with van der Waals surface area (Å²) < 4.78 is 7.31. The van der Waals surface area contributed by atoms with Crippen LogP contribution in [-0.2, 0) is 17.6 Å². The van der Waals surface area contributed by atoms with E-state index >= 15 is 0 Å². The lowest BCUT2D eigenvalue weighted by atomic mass is 9.84. The van der Waals surface area contributed by atoms with Gasteiger partial charge in [0.05, 0.1) is 11.2 Å². The molecule has 1 heteroatoms. The minimum absolute atomic E-state index is 0.403. The fourth-order valence-corrected chi connectivity index (χ4v) is 5.13. The van der Waals surface area contributed by atoms with Crippen LogP contribution in [0.15, 0.2) is 86.0 Å². The smallest absolute Gasteiger partial charge is 0.0912 e. The number of rotatable bonds is 20.